The van der Waals surface area contributed by atoms with Gasteiger partial charge in [0.25, 0.3) is 0 Å². The Morgan fingerprint density at radius 2 is 1.87 bits per heavy atom. The van der Waals surface area contributed by atoms with Crippen molar-refractivity contribution in [2.24, 2.45) is 11.1 Å². The highest BCUT2D eigenvalue weighted by atomic mass is 32.2. The zero-order valence-corrected chi connectivity index (χ0v) is 21.9. The van der Waals surface area contributed by atoms with E-state index in [-0.39, 0.29) is 23.8 Å². The first-order valence-electron chi connectivity index (χ1n) is 12.0. The zero-order valence-electron chi connectivity index (χ0n) is 20.3. The average molecular weight is 545 g/mol. The van der Waals surface area contributed by atoms with Crippen LogP contribution in [0.1, 0.15) is 34.5 Å². The Labute approximate surface area is 228 Å². The number of hydrogen-bond acceptors (Lipinski definition) is 7. The second-order valence-electron chi connectivity index (χ2n) is 9.00. The van der Waals surface area contributed by atoms with E-state index in [9.17, 15) is 9.90 Å². The predicted molar refractivity (Wildman–Crippen MR) is 152 cm³/mol. The van der Waals surface area contributed by atoms with Gasteiger partial charge in [0.15, 0.2) is 10.8 Å². The van der Waals surface area contributed by atoms with Crippen LogP contribution < -0.4 is 10.5 Å². The number of benzene rings is 3. The molecule has 0 amide bonds. The number of aromatic nitrogens is 1. The number of nitrogens with two attached hydrogens (primary N) is 1. The van der Waals surface area contributed by atoms with Gasteiger partial charge in [-0.15, -0.1) is 11.3 Å². The number of allylic oxidation sites excluding steroid dienone is 1. The normalized spacial score (nSPS) is 13.6. The highest BCUT2D eigenvalue weighted by Gasteiger charge is 2.31. The molecule has 1 aliphatic rings. The minimum atomic E-state index is -1.11. The fourth-order valence-corrected chi connectivity index (χ4v) is 5.22. The number of carbonyl (C=O) groups is 1. The third kappa shape index (κ3) is 5.85. The summed E-state index contributed by atoms with van der Waals surface area (Å²) in [4.78, 5) is 16.3. The van der Waals surface area contributed by atoms with Crippen LogP contribution in [-0.2, 0) is 6.42 Å². The quantitative estimate of drug-likeness (QED) is 0.125. The zero-order chi connectivity index (χ0) is 26.6. The van der Waals surface area contributed by atoms with E-state index in [1.54, 1.807) is 12.1 Å². The standard InChI is InChI=1S/C29H25FN4O2S2/c30-24-15-22(38-32)12-11-20(24)14-23(26(31)18-9-10-18)27(34-29-33-25(16-37-29)28(35)36)21-8-4-7-19(13-21)17-5-2-1-3-6-17/h1-8,11-13,15-16,18,31H,9-10,14,32H2,(H,33,34)(H,35,36)/b27-23-,31-26?. The van der Waals surface area contributed by atoms with E-state index >= 15 is 4.39 Å². The maximum absolute atomic E-state index is 15.1. The Hall–Kier alpha value is -3.79. The Morgan fingerprint density at radius 3 is 2.53 bits per heavy atom. The van der Waals surface area contributed by atoms with Crippen molar-refractivity contribution in [1.82, 2.24) is 4.98 Å². The lowest BCUT2D eigenvalue weighted by molar-refractivity contribution is 0.0691. The summed E-state index contributed by atoms with van der Waals surface area (Å²) in [5.41, 5.74) is 4.93. The van der Waals surface area contributed by atoms with E-state index in [1.807, 2.05) is 54.6 Å². The monoisotopic (exact) mass is 544 g/mol. The number of hydrogen-bond donors (Lipinski definition) is 4. The molecule has 192 valence electrons. The molecule has 0 aliphatic heterocycles. The molecule has 0 spiro atoms. The van der Waals surface area contributed by atoms with Crippen LogP contribution in [-0.4, -0.2) is 21.8 Å². The number of anilines is 1. The molecule has 9 heteroatoms. The molecule has 0 atom stereocenters. The molecule has 5 rings (SSSR count). The molecule has 4 aromatic rings. The van der Waals surface area contributed by atoms with Crippen molar-refractivity contribution in [3.8, 4) is 11.1 Å². The van der Waals surface area contributed by atoms with Crippen LogP contribution in [0.3, 0.4) is 0 Å². The molecule has 38 heavy (non-hydrogen) atoms. The van der Waals surface area contributed by atoms with Gasteiger partial charge in [0, 0.05) is 33.9 Å². The van der Waals surface area contributed by atoms with Crippen molar-refractivity contribution in [2.45, 2.75) is 24.2 Å². The van der Waals surface area contributed by atoms with Crippen LogP contribution in [0.15, 0.2) is 88.6 Å². The number of halogens is 1. The molecular formula is C29H25FN4O2S2. The topological polar surface area (TPSA) is 112 Å². The van der Waals surface area contributed by atoms with Gasteiger partial charge in [0.05, 0.1) is 5.70 Å². The first-order valence-corrected chi connectivity index (χ1v) is 13.8. The molecule has 0 bridgehead atoms. The van der Waals surface area contributed by atoms with E-state index in [2.05, 4.69) is 10.3 Å². The molecule has 0 radical (unpaired) electrons. The van der Waals surface area contributed by atoms with E-state index in [0.29, 0.717) is 32.6 Å². The summed E-state index contributed by atoms with van der Waals surface area (Å²) >= 11 is 2.15. The first kappa shape index (κ1) is 25.8. The van der Waals surface area contributed by atoms with Gasteiger partial charge in [-0.2, -0.15) is 0 Å². The molecular weight excluding hydrogens is 519 g/mol. The van der Waals surface area contributed by atoms with Crippen LogP contribution in [0.5, 0.6) is 0 Å². The summed E-state index contributed by atoms with van der Waals surface area (Å²) in [5.74, 6) is -1.40. The van der Waals surface area contributed by atoms with Gasteiger partial charge in [-0.25, -0.2) is 14.2 Å². The number of nitrogens with zero attached hydrogens (tertiary/aromatic N) is 1. The summed E-state index contributed by atoms with van der Waals surface area (Å²) in [5, 5.41) is 29.2. The van der Waals surface area contributed by atoms with Crippen molar-refractivity contribution < 1.29 is 14.3 Å². The Morgan fingerprint density at radius 1 is 1.11 bits per heavy atom. The number of carboxylic acids is 1. The number of rotatable bonds is 10. The van der Waals surface area contributed by atoms with Gasteiger partial charge in [0.2, 0.25) is 0 Å². The predicted octanol–water partition coefficient (Wildman–Crippen LogP) is 7.11. The largest absolute Gasteiger partial charge is 0.476 e. The molecule has 1 saturated carbocycles. The minimum Gasteiger partial charge on any atom is -0.476 e. The van der Waals surface area contributed by atoms with Crippen molar-refractivity contribution in [1.29, 1.82) is 5.41 Å². The Bertz CT molecular complexity index is 1530. The van der Waals surface area contributed by atoms with E-state index in [4.69, 9.17) is 10.5 Å². The van der Waals surface area contributed by atoms with Gasteiger partial charge in [0.1, 0.15) is 5.82 Å². The highest BCUT2D eigenvalue weighted by molar-refractivity contribution is 7.97. The van der Waals surface area contributed by atoms with Crippen molar-refractivity contribution in [3.05, 3.63) is 106 Å². The number of thiazole rings is 1. The highest BCUT2D eigenvalue weighted by Crippen LogP contribution is 2.37. The second-order valence-corrected chi connectivity index (χ2v) is 10.6. The fraction of sp³-hybridized carbons (Fsp3) is 0.138. The average Bonchev–Trinajstić information content (AvgIpc) is 3.69. The van der Waals surface area contributed by atoms with E-state index in [1.165, 1.54) is 22.8 Å². The molecule has 1 heterocycles. The third-order valence-electron chi connectivity index (χ3n) is 6.35. The van der Waals surface area contributed by atoms with Gasteiger partial charge < -0.3 is 15.8 Å². The maximum atomic E-state index is 15.1. The smallest absolute Gasteiger partial charge is 0.355 e. The molecule has 6 nitrogen and oxygen atoms in total. The van der Waals surface area contributed by atoms with Crippen LogP contribution in [0.25, 0.3) is 16.8 Å². The Balaban J connectivity index is 1.66. The summed E-state index contributed by atoms with van der Waals surface area (Å²) in [6.45, 7) is 0. The summed E-state index contributed by atoms with van der Waals surface area (Å²) in [6, 6.07) is 22.7. The summed E-state index contributed by atoms with van der Waals surface area (Å²) < 4.78 is 15.1. The third-order valence-corrected chi connectivity index (χ3v) is 7.64. The number of nitrogens with one attached hydrogen (secondary N) is 2. The Kier molecular flexibility index (Phi) is 7.69. The molecule has 1 fully saturated rings. The van der Waals surface area contributed by atoms with Crippen molar-refractivity contribution in [3.63, 3.8) is 0 Å². The van der Waals surface area contributed by atoms with Crippen LogP contribution in [0.4, 0.5) is 9.52 Å². The van der Waals surface area contributed by atoms with Crippen LogP contribution in [0, 0.1) is 17.1 Å². The lowest BCUT2D eigenvalue weighted by Crippen LogP contribution is -2.15. The van der Waals surface area contributed by atoms with E-state index < -0.39 is 5.97 Å². The molecule has 0 unspecified atom stereocenters. The van der Waals surface area contributed by atoms with Crippen molar-refractivity contribution in [2.75, 3.05) is 5.32 Å². The van der Waals surface area contributed by atoms with Gasteiger partial charge >= 0.3 is 5.97 Å². The van der Waals surface area contributed by atoms with Crippen molar-refractivity contribution >= 4 is 45.8 Å². The minimum absolute atomic E-state index is 0.0605. The number of carboxylic acid groups (broad SMARTS) is 1. The molecule has 1 aliphatic carbocycles. The second kappa shape index (κ2) is 11.3. The first-order chi connectivity index (χ1) is 18.4. The molecule has 1 aromatic heterocycles. The maximum Gasteiger partial charge on any atom is 0.355 e. The van der Waals surface area contributed by atoms with Gasteiger partial charge in [-0.3, -0.25) is 5.14 Å². The fourth-order valence-electron chi connectivity index (χ4n) is 4.21. The molecule has 0 saturated heterocycles. The lowest BCUT2D eigenvalue weighted by atomic mass is 9.92. The SMILES string of the molecule is N=C(/C(Cc1ccc(SN)cc1F)=C(\Nc1nc(C(=O)O)cs1)c1cccc(-c2ccccc2)c1)C1CC1. The molecule has 5 N–H and O–H groups in total. The van der Waals surface area contributed by atoms with Gasteiger partial charge in [-0.05, 0) is 65.2 Å². The lowest BCUT2D eigenvalue weighted by Gasteiger charge is -2.19. The van der Waals surface area contributed by atoms with E-state index in [0.717, 1.165) is 41.5 Å². The van der Waals surface area contributed by atoms with Crippen LogP contribution >= 0.6 is 23.3 Å². The number of aromatic carboxylic acids is 1. The summed E-state index contributed by atoms with van der Waals surface area (Å²) in [7, 11) is 0. The van der Waals surface area contributed by atoms with Gasteiger partial charge in [-0.1, -0.05) is 54.6 Å². The summed E-state index contributed by atoms with van der Waals surface area (Å²) in [6.07, 6.45) is 2.00. The molecule has 3 aromatic carbocycles. The van der Waals surface area contributed by atoms with Crippen LogP contribution in [0.2, 0.25) is 0 Å².